The lowest BCUT2D eigenvalue weighted by molar-refractivity contribution is -0.137. The minimum absolute atomic E-state index is 0.0304. The molecular weight excluding hydrogens is 459 g/mol. The molecule has 1 unspecified atom stereocenters. The van der Waals surface area contributed by atoms with Crippen LogP contribution < -0.4 is 0 Å². The molecule has 0 spiro atoms. The smallest absolute Gasteiger partial charge is 0.302 e. The predicted molar refractivity (Wildman–Crippen MR) is 123 cm³/mol. The van der Waals surface area contributed by atoms with Crippen molar-refractivity contribution in [3.05, 3.63) is 53.1 Å². The van der Waals surface area contributed by atoms with E-state index >= 15 is 0 Å². The summed E-state index contributed by atoms with van der Waals surface area (Å²) in [6.07, 6.45) is -2.20. The van der Waals surface area contributed by atoms with E-state index in [0.717, 1.165) is 32.0 Å². The average molecular weight is 488 g/mol. The summed E-state index contributed by atoms with van der Waals surface area (Å²) in [5.41, 5.74) is -0.577. The second-order valence-corrected chi connectivity index (χ2v) is 12.2. The fraction of sp³-hybridized carbons (Fsp3) is 0.500. The van der Waals surface area contributed by atoms with Gasteiger partial charge in [0.15, 0.2) is 9.84 Å². The molecule has 1 fully saturated rings. The largest absolute Gasteiger partial charge is 0.417 e. The van der Waals surface area contributed by atoms with Crippen molar-refractivity contribution < 1.29 is 21.6 Å². The lowest BCUT2D eigenvalue weighted by Crippen LogP contribution is -2.43. The maximum absolute atomic E-state index is 13.4. The fourth-order valence-corrected chi connectivity index (χ4v) is 6.09. The molecule has 8 heteroatoms. The second kappa shape index (κ2) is 9.35. The first kappa shape index (κ1) is 25.1. The number of alkyl halides is 3. The zero-order valence-electron chi connectivity index (χ0n) is 18.5. The van der Waals surface area contributed by atoms with E-state index in [2.05, 4.69) is 25.7 Å². The third-order valence-corrected chi connectivity index (χ3v) is 8.38. The maximum Gasteiger partial charge on any atom is 0.417 e. The topological polar surface area (TPSA) is 37.4 Å². The first-order valence-electron chi connectivity index (χ1n) is 10.7. The van der Waals surface area contributed by atoms with Crippen LogP contribution in [0.2, 0.25) is 5.02 Å². The molecule has 3 nitrogen and oxygen atoms in total. The molecule has 0 saturated carbocycles. The van der Waals surface area contributed by atoms with Crippen LogP contribution in [0.15, 0.2) is 47.4 Å². The van der Waals surface area contributed by atoms with Gasteiger partial charge in [-0.25, -0.2) is 8.42 Å². The summed E-state index contributed by atoms with van der Waals surface area (Å²) in [5.74, 6) is 0. The van der Waals surface area contributed by atoms with Gasteiger partial charge < -0.3 is 4.90 Å². The Bertz CT molecular complexity index is 1040. The number of benzene rings is 2. The van der Waals surface area contributed by atoms with Gasteiger partial charge in [0.25, 0.3) is 0 Å². The molecule has 2 aromatic carbocycles. The number of hydrogen-bond donors (Lipinski definition) is 0. The minimum Gasteiger partial charge on any atom is -0.302 e. The highest BCUT2D eigenvalue weighted by atomic mass is 35.5. The van der Waals surface area contributed by atoms with Crippen molar-refractivity contribution >= 4 is 21.4 Å². The molecule has 0 radical (unpaired) electrons. The van der Waals surface area contributed by atoms with Gasteiger partial charge in [-0.3, -0.25) is 0 Å². The molecular formula is C24H29ClF3NO2S. The summed E-state index contributed by atoms with van der Waals surface area (Å²) in [6, 6.07) is 9.21. The molecule has 3 rings (SSSR count). The van der Waals surface area contributed by atoms with Gasteiger partial charge in [0, 0.05) is 17.1 Å². The number of halogens is 4. The van der Waals surface area contributed by atoms with Crippen molar-refractivity contribution in [2.75, 3.05) is 19.6 Å². The van der Waals surface area contributed by atoms with E-state index in [4.69, 9.17) is 11.6 Å². The summed E-state index contributed by atoms with van der Waals surface area (Å²) in [4.78, 5) is 2.33. The number of hydrogen-bond acceptors (Lipinski definition) is 3. The SMILES string of the molecule is CC(C)(C)CCN1CCCC(S(=O)(=O)c2ccc(-c3c(Cl)cccc3C(F)(F)F)cc2)C1. The molecule has 1 aliphatic heterocycles. The van der Waals surface area contributed by atoms with Gasteiger partial charge in [0.2, 0.25) is 0 Å². The van der Waals surface area contributed by atoms with Crippen LogP contribution in [0.1, 0.15) is 45.6 Å². The Balaban J connectivity index is 1.83. The maximum atomic E-state index is 13.4. The zero-order valence-corrected chi connectivity index (χ0v) is 20.1. The van der Waals surface area contributed by atoms with Crippen LogP contribution in [0, 0.1) is 5.41 Å². The van der Waals surface area contributed by atoms with E-state index < -0.39 is 26.8 Å². The van der Waals surface area contributed by atoms with E-state index in [0.29, 0.717) is 13.0 Å². The third kappa shape index (κ3) is 5.86. The third-order valence-electron chi connectivity index (χ3n) is 5.87. The Kier molecular flexibility index (Phi) is 7.32. The van der Waals surface area contributed by atoms with Crippen molar-refractivity contribution in [3.63, 3.8) is 0 Å². The molecule has 2 aromatic rings. The lowest BCUT2D eigenvalue weighted by Gasteiger charge is -2.34. The van der Waals surface area contributed by atoms with Gasteiger partial charge in [-0.1, -0.05) is 50.6 Å². The second-order valence-electron chi connectivity index (χ2n) is 9.61. The zero-order chi connectivity index (χ0) is 23.7. The van der Waals surface area contributed by atoms with Crippen molar-refractivity contribution in [2.24, 2.45) is 5.41 Å². The molecule has 1 heterocycles. The van der Waals surface area contributed by atoms with Crippen molar-refractivity contribution in [1.29, 1.82) is 0 Å². The van der Waals surface area contributed by atoms with Crippen LogP contribution in [-0.4, -0.2) is 38.2 Å². The van der Waals surface area contributed by atoms with Crippen LogP contribution in [0.3, 0.4) is 0 Å². The standard InChI is InChI=1S/C24H29ClF3NO2S/c1-23(2,3)13-15-29-14-5-6-19(16-29)32(30,31)18-11-9-17(10-12-18)22-20(24(26,27)28)7-4-8-21(22)25/h4,7-12,19H,5-6,13-16H2,1-3H3. The molecule has 0 aliphatic carbocycles. The normalized spacial score (nSPS) is 18.7. The van der Waals surface area contributed by atoms with Gasteiger partial charge in [-0.15, -0.1) is 0 Å². The lowest BCUT2D eigenvalue weighted by atomic mass is 9.92. The molecule has 32 heavy (non-hydrogen) atoms. The first-order chi connectivity index (χ1) is 14.8. The first-order valence-corrected chi connectivity index (χ1v) is 12.6. The number of sulfone groups is 1. The Morgan fingerprint density at radius 2 is 1.72 bits per heavy atom. The molecule has 1 saturated heterocycles. The van der Waals surface area contributed by atoms with Crippen LogP contribution in [0.5, 0.6) is 0 Å². The van der Waals surface area contributed by atoms with E-state index in [1.165, 1.54) is 36.4 Å². The van der Waals surface area contributed by atoms with Gasteiger partial charge in [0.05, 0.1) is 15.7 Å². The summed E-state index contributed by atoms with van der Waals surface area (Å²) < 4.78 is 66.8. The summed E-state index contributed by atoms with van der Waals surface area (Å²) >= 11 is 6.08. The highest BCUT2D eigenvalue weighted by molar-refractivity contribution is 7.92. The molecule has 176 valence electrons. The fourth-order valence-electron chi connectivity index (χ4n) is 4.02. The summed E-state index contributed by atoms with van der Waals surface area (Å²) in [6.45, 7) is 8.69. The molecule has 0 N–H and O–H groups in total. The van der Waals surface area contributed by atoms with Crippen molar-refractivity contribution in [2.45, 2.75) is 56.4 Å². The monoisotopic (exact) mass is 487 g/mol. The van der Waals surface area contributed by atoms with Crippen LogP contribution in [0.25, 0.3) is 11.1 Å². The highest BCUT2D eigenvalue weighted by Gasteiger charge is 2.35. The van der Waals surface area contributed by atoms with Crippen molar-refractivity contribution in [1.82, 2.24) is 4.90 Å². The number of rotatable bonds is 5. The highest BCUT2D eigenvalue weighted by Crippen LogP contribution is 2.41. The predicted octanol–water partition coefficient (Wildman–Crippen LogP) is 6.70. The van der Waals surface area contributed by atoms with E-state index in [1.54, 1.807) is 0 Å². The van der Waals surface area contributed by atoms with Crippen LogP contribution >= 0.6 is 11.6 Å². The number of likely N-dealkylation sites (tertiary alicyclic amines) is 1. The number of nitrogens with zero attached hydrogens (tertiary/aromatic N) is 1. The Hall–Kier alpha value is -1.57. The molecule has 0 amide bonds. The van der Waals surface area contributed by atoms with Gasteiger partial charge in [-0.05, 0) is 67.6 Å². The van der Waals surface area contributed by atoms with E-state index in [-0.39, 0.29) is 26.5 Å². The molecule has 0 bridgehead atoms. The quantitative estimate of drug-likeness (QED) is 0.471. The average Bonchev–Trinajstić information content (AvgIpc) is 2.71. The van der Waals surface area contributed by atoms with E-state index in [9.17, 15) is 21.6 Å². The van der Waals surface area contributed by atoms with Crippen molar-refractivity contribution in [3.8, 4) is 11.1 Å². The Morgan fingerprint density at radius 3 is 2.31 bits per heavy atom. The number of piperidine rings is 1. The van der Waals surface area contributed by atoms with Crippen LogP contribution in [-0.2, 0) is 16.0 Å². The van der Waals surface area contributed by atoms with Gasteiger partial charge in [-0.2, -0.15) is 13.2 Å². The van der Waals surface area contributed by atoms with Crippen LogP contribution in [0.4, 0.5) is 13.2 Å². The molecule has 1 aliphatic rings. The Morgan fingerprint density at radius 1 is 1.06 bits per heavy atom. The van der Waals surface area contributed by atoms with Gasteiger partial charge >= 0.3 is 6.18 Å². The van der Waals surface area contributed by atoms with E-state index in [1.807, 2.05) is 0 Å². The summed E-state index contributed by atoms with van der Waals surface area (Å²) in [7, 11) is -3.59. The van der Waals surface area contributed by atoms with Gasteiger partial charge in [0.1, 0.15) is 0 Å². The summed E-state index contributed by atoms with van der Waals surface area (Å²) in [5, 5.41) is -0.551. The Labute approximate surface area is 193 Å². The molecule has 0 aromatic heterocycles. The molecule has 1 atom stereocenters. The minimum atomic E-state index is -4.57.